The van der Waals surface area contributed by atoms with Crippen molar-refractivity contribution in [3.8, 4) is 5.75 Å². The maximum Gasteiger partial charge on any atom is 0.308 e. The molecular weight excluding hydrogens is 376 g/mol. The van der Waals surface area contributed by atoms with Crippen LogP contribution in [0.3, 0.4) is 0 Å². The third-order valence-electron chi connectivity index (χ3n) is 6.58. The van der Waals surface area contributed by atoms with Gasteiger partial charge in [-0.1, -0.05) is 18.2 Å². The van der Waals surface area contributed by atoms with Crippen LogP contribution >= 0.6 is 0 Å². The Labute approximate surface area is 176 Å². The second-order valence-corrected chi connectivity index (χ2v) is 8.68. The quantitative estimate of drug-likeness (QED) is 0.330. The molecule has 0 unspecified atom stereocenters. The van der Waals surface area contributed by atoms with Gasteiger partial charge in [0.1, 0.15) is 5.75 Å². The van der Waals surface area contributed by atoms with E-state index in [1.54, 1.807) is 6.33 Å². The zero-order chi connectivity index (χ0) is 20.7. The summed E-state index contributed by atoms with van der Waals surface area (Å²) in [5.41, 5.74) is 4.31. The average molecular weight is 402 g/mol. The van der Waals surface area contributed by atoms with E-state index in [0.717, 1.165) is 36.9 Å². The van der Waals surface area contributed by atoms with Crippen LogP contribution in [0.4, 0.5) is 0 Å². The minimum absolute atomic E-state index is 0.0760. The van der Waals surface area contributed by atoms with Gasteiger partial charge in [0, 0.05) is 12.8 Å². The van der Waals surface area contributed by atoms with Crippen LogP contribution in [0.1, 0.15) is 78.9 Å². The monoisotopic (exact) mass is 402 g/mol. The van der Waals surface area contributed by atoms with Crippen molar-refractivity contribution in [3.05, 3.63) is 65.7 Å². The van der Waals surface area contributed by atoms with Crippen LogP contribution in [0.5, 0.6) is 5.75 Å². The molecule has 0 amide bonds. The molecule has 0 bridgehead atoms. The van der Waals surface area contributed by atoms with Gasteiger partial charge in [-0.05, 0) is 79.7 Å². The van der Waals surface area contributed by atoms with E-state index in [-0.39, 0.29) is 17.7 Å². The SMILES string of the molecule is CC(=O)Oc1ccc(C2CCC(C(=O)c3c(C4CC4)ccc4cncn34)CC2)cc1. The molecule has 154 valence electrons. The molecule has 3 aromatic rings. The highest BCUT2D eigenvalue weighted by Crippen LogP contribution is 2.44. The summed E-state index contributed by atoms with van der Waals surface area (Å²) in [4.78, 5) is 28.9. The van der Waals surface area contributed by atoms with Gasteiger partial charge in [0.25, 0.3) is 0 Å². The Kier molecular flexibility index (Phi) is 4.89. The van der Waals surface area contributed by atoms with Crippen LogP contribution in [0.15, 0.2) is 48.9 Å². The molecule has 2 heterocycles. The van der Waals surface area contributed by atoms with Crippen LogP contribution in [0, 0.1) is 5.92 Å². The maximum atomic E-state index is 13.6. The highest BCUT2D eigenvalue weighted by Gasteiger charge is 2.34. The van der Waals surface area contributed by atoms with Crippen molar-refractivity contribution in [1.82, 2.24) is 9.38 Å². The van der Waals surface area contributed by atoms with Crippen LogP contribution in [0.2, 0.25) is 0 Å². The Morgan fingerprint density at radius 1 is 0.933 bits per heavy atom. The van der Waals surface area contributed by atoms with Crippen LogP contribution in [0.25, 0.3) is 5.52 Å². The zero-order valence-corrected chi connectivity index (χ0v) is 17.2. The molecule has 5 heteroatoms. The second kappa shape index (κ2) is 7.71. The van der Waals surface area contributed by atoms with E-state index < -0.39 is 0 Å². The molecule has 0 aliphatic heterocycles. The highest BCUT2D eigenvalue weighted by atomic mass is 16.5. The van der Waals surface area contributed by atoms with Crippen molar-refractivity contribution in [3.63, 3.8) is 0 Å². The molecule has 5 nitrogen and oxygen atoms in total. The lowest BCUT2D eigenvalue weighted by atomic mass is 9.76. The number of hydrogen-bond donors (Lipinski definition) is 0. The first-order valence-corrected chi connectivity index (χ1v) is 10.9. The standard InChI is InChI=1S/C25H26N2O3/c1-16(28)30-22-11-8-18(9-12-22)17-2-6-20(7-3-17)25(29)24-23(19-4-5-19)13-10-21-14-26-15-27(21)24/h8-15,17,19-20H,2-7H2,1H3. The molecule has 2 aliphatic rings. The molecule has 2 aliphatic carbocycles. The first-order chi connectivity index (χ1) is 14.6. The number of fused-ring (bicyclic) bond motifs is 1. The van der Waals surface area contributed by atoms with Gasteiger partial charge < -0.3 is 4.74 Å². The number of rotatable bonds is 5. The number of ether oxygens (including phenoxy) is 1. The molecule has 2 saturated carbocycles. The first-order valence-electron chi connectivity index (χ1n) is 10.9. The summed E-state index contributed by atoms with van der Waals surface area (Å²) < 4.78 is 7.12. The number of ketones is 1. The second-order valence-electron chi connectivity index (χ2n) is 8.68. The molecular formula is C25H26N2O3. The number of benzene rings is 1. The molecule has 2 fully saturated rings. The minimum atomic E-state index is -0.305. The molecule has 0 spiro atoms. The number of Topliss-reactive ketones (excluding diaryl/α,β-unsaturated/α-hetero) is 1. The van der Waals surface area contributed by atoms with Crippen molar-refractivity contribution in [2.24, 2.45) is 5.92 Å². The largest absolute Gasteiger partial charge is 0.427 e. The lowest BCUT2D eigenvalue weighted by Crippen LogP contribution is -2.24. The van der Waals surface area contributed by atoms with Gasteiger partial charge in [-0.3, -0.25) is 14.0 Å². The Balaban J connectivity index is 1.31. The van der Waals surface area contributed by atoms with Gasteiger partial charge in [-0.2, -0.15) is 0 Å². The average Bonchev–Trinajstić information content (AvgIpc) is 3.49. The summed E-state index contributed by atoms with van der Waals surface area (Å²) in [5, 5.41) is 0. The number of nitrogens with zero attached hydrogens (tertiary/aromatic N) is 2. The predicted molar refractivity (Wildman–Crippen MR) is 114 cm³/mol. The van der Waals surface area contributed by atoms with E-state index in [4.69, 9.17) is 4.74 Å². The van der Waals surface area contributed by atoms with Crippen LogP contribution < -0.4 is 4.74 Å². The fourth-order valence-corrected chi connectivity index (χ4v) is 4.85. The molecule has 30 heavy (non-hydrogen) atoms. The predicted octanol–water partition coefficient (Wildman–Crippen LogP) is 5.29. The Morgan fingerprint density at radius 2 is 1.63 bits per heavy atom. The van der Waals surface area contributed by atoms with E-state index in [9.17, 15) is 9.59 Å². The van der Waals surface area contributed by atoms with Crippen LogP contribution in [-0.2, 0) is 4.79 Å². The van der Waals surface area contributed by atoms with Crippen LogP contribution in [-0.4, -0.2) is 21.1 Å². The van der Waals surface area contributed by atoms with Crippen molar-refractivity contribution in [2.45, 2.75) is 57.3 Å². The Hall–Kier alpha value is -2.95. The summed E-state index contributed by atoms with van der Waals surface area (Å²) in [6.45, 7) is 1.41. The fraction of sp³-hybridized carbons (Fsp3) is 0.400. The third-order valence-corrected chi connectivity index (χ3v) is 6.58. The van der Waals surface area contributed by atoms with Crippen molar-refractivity contribution >= 4 is 17.3 Å². The van der Waals surface area contributed by atoms with Gasteiger partial charge in [0.2, 0.25) is 0 Å². The van der Waals surface area contributed by atoms with Crippen molar-refractivity contribution < 1.29 is 14.3 Å². The molecule has 5 rings (SSSR count). The summed E-state index contributed by atoms with van der Waals surface area (Å²) in [5.74, 6) is 1.61. The maximum absolute atomic E-state index is 13.6. The van der Waals surface area contributed by atoms with Gasteiger partial charge in [-0.15, -0.1) is 0 Å². The van der Waals surface area contributed by atoms with Crippen molar-refractivity contribution in [1.29, 1.82) is 0 Å². The summed E-state index contributed by atoms with van der Waals surface area (Å²) in [6.07, 6.45) is 9.78. The smallest absolute Gasteiger partial charge is 0.308 e. The summed E-state index contributed by atoms with van der Waals surface area (Å²) >= 11 is 0. The summed E-state index contributed by atoms with van der Waals surface area (Å²) in [6, 6.07) is 12.0. The normalized spacial score (nSPS) is 21.5. The van der Waals surface area contributed by atoms with E-state index >= 15 is 0 Å². The summed E-state index contributed by atoms with van der Waals surface area (Å²) in [7, 11) is 0. The molecule has 0 atom stereocenters. The topological polar surface area (TPSA) is 60.7 Å². The fourth-order valence-electron chi connectivity index (χ4n) is 4.85. The van der Waals surface area contributed by atoms with Gasteiger partial charge >= 0.3 is 5.97 Å². The van der Waals surface area contributed by atoms with Crippen molar-refractivity contribution in [2.75, 3.05) is 0 Å². The first kappa shape index (κ1) is 19.0. The number of carbonyl (C=O) groups excluding carboxylic acids is 2. The van der Waals surface area contributed by atoms with E-state index in [1.807, 2.05) is 34.9 Å². The number of aromatic nitrogens is 2. The number of imidazole rings is 1. The Bertz CT molecular complexity index is 1090. The molecule has 0 radical (unpaired) electrons. The lowest BCUT2D eigenvalue weighted by Gasteiger charge is -2.28. The zero-order valence-electron chi connectivity index (χ0n) is 17.2. The highest BCUT2D eigenvalue weighted by molar-refractivity contribution is 5.98. The Morgan fingerprint density at radius 3 is 2.30 bits per heavy atom. The van der Waals surface area contributed by atoms with E-state index in [2.05, 4.69) is 17.1 Å². The van der Waals surface area contributed by atoms with Gasteiger partial charge in [-0.25, -0.2) is 4.98 Å². The lowest BCUT2D eigenvalue weighted by molar-refractivity contribution is -0.131. The molecule has 1 aromatic carbocycles. The number of hydrogen-bond acceptors (Lipinski definition) is 4. The third kappa shape index (κ3) is 3.64. The number of carbonyl (C=O) groups is 2. The van der Waals surface area contributed by atoms with Gasteiger partial charge in [0.15, 0.2) is 5.78 Å². The molecule has 0 N–H and O–H groups in total. The minimum Gasteiger partial charge on any atom is -0.427 e. The van der Waals surface area contributed by atoms with E-state index in [0.29, 0.717) is 17.6 Å². The number of pyridine rings is 1. The molecule has 0 saturated heterocycles. The van der Waals surface area contributed by atoms with E-state index in [1.165, 1.54) is 30.9 Å². The molecule has 2 aromatic heterocycles. The van der Waals surface area contributed by atoms with Gasteiger partial charge in [0.05, 0.1) is 23.7 Å². The number of esters is 1.